The highest BCUT2D eigenvalue weighted by Crippen LogP contribution is 2.55. The fraction of sp³-hybridized carbons (Fsp3) is 0.933. The van der Waals surface area contributed by atoms with Crippen molar-refractivity contribution in [3.05, 3.63) is 0 Å². The molecule has 107 valence electrons. The Morgan fingerprint density at radius 2 is 2.05 bits per heavy atom. The Kier molecular flexibility index (Phi) is 4.94. The maximum Gasteiger partial charge on any atom is 0.306 e. The van der Waals surface area contributed by atoms with E-state index in [9.17, 15) is 9.90 Å². The Hall–Kier alpha value is -0.505. The summed E-state index contributed by atoms with van der Waals surface area (Å²) >= 11 is 0. The maximum absolute atomic E-state index is 11.4. The molecule has 1 radical (unpaired) electrons. The van der Waals surface area contributed by atoms with E-state index in [2.05, 4.69) is 13.8 Å². The molecule has 0 heterocycles. The van der Waals surface area contributed by atoms with Crippen LogP contribution in [0.1, 0.15) is 46.0 Å². The minimum Gasteiger partial charge on any atom is -0.481 e. The SMILES string of the molecule is CC(C)C1CC2CC(C(=O)O)C(CCC[B]O)C2C1. The highest BCUT2D eigenvalue weighted by molar-refractivity contribution is 6.25. The number of carboxylic acid groups (broad SMARTS) is 1. The summed E-state index contributed by atoms with van der Waals surface area (Å²) in [6.07, 6.45) is 5.90. The molecule has 0 aromatic carbocycles. The van der Waals surface area contributed by atoms with Gasteiger partial charge in [-0.05, 0) is 55.3 Å². The van der Waals surface area contributed by atoms with E-state index in [0.717, 1.165) is 31.1 Å². The third-order valence-electron chi connectivity index (χ3n) is 5.54. The van der Waals surface area contributed by atoms with Crippen molar-refractivity contribution in [3.63, 3.8) is 0 Å². The minimum atomic E-state index is -0.603. The molecule has 5 atom stereocenters. The van der Waals surface area contributed by atoms with Crippen molar-refractivity contribution in [1.82, 2.24) is 0 Å². The van der Waals surface area contributed by atoms with Crippen LogP contribution in [0.4, 0.5) is 0 Å². The van der Waals surface area contributed by atoms with Crippen LogP contribution in [0.5, 0.6) is 0 Å². The lowest BCUT2D eigenvalue weighted by Crippen LogP contribution is -2.23. The van der Waals surface area contributed by atoms with Crippen LogP contribution in [-0.4, -0.2) is 23.6 Å². The van der Waals surface area contributed by atoms with Crippen molar-refractivity contribution in [3.8, 4) is 0 Å². The van der Waals surface area contributed by atoms with E-state index in [1.807, 2.05) is 0 Å². The van der Waals surface area contributed by atoms with Crippen molar-refractivity contribution >= 4 is 13.5 Å². The zero-order valence-corrected chi connectivity index (χ0v) is 12.1. The average molecular weight is 265 g/mol. The molecule has 2 fully saturated rings. The molecule has 0 amide bonds. The van der Waals surface area contributed by atoms with Crippen molar-refractivity contribution in [1.29, 1.82) is 0 Å². The van der Waals surface area contributed by atoms with Gasteiger partial charge in [0.15, 0.2) is 0 Å². The zero-order valence-electron chi connectivity index (χ0n) is 12.1. The van der Waals surface area contributed by atoms with Gasteiger partial charge in [0.05, 0.1) is 5.92 Å². The van der Waals surface area contributed by atoms with Gasteiger partial charge >= 0.3 is 5.97 Å². The fourth-order valence-electron chi connectivity index (χ4n) is 4.49. The standard InChI is InChI=1S/C15H26BO3/c1-9(2)10-6-11-8-14(15(17)18)12(13(11)7-10)4-3-5-16-19/h9-14,19H,3-8H2,1-2H3,(H,17,18). The molecule has 2 N–H and O–H groups in total. The monoisotopic (exact) mass is 265 g/mol. The summed E-state index contributed by atoms with van der Waals surface area (Å²) in [5.41, 5.74) is 0. The molecule has 2 aliphatic rings. The molecule has 0 saturated heterocycles. The van der Waals surface area contributed by atoms with E-state index >= 15 is 0 Å². The predicted octanol–water partition coefficient (Wildman–Crippen LogP) is 2.82. The highest BCUT2D eigenvalue weighted by atomic mass is 16.4. The molecule has 0 spiro atoms. The predicted molar refractivity (Wildman–Crippen MR) is 75.8 cm³/mol. The summed E-state index contributed by atoms with van der Waals surface area (Å²) < 4.78 is 0. The first-order valence-electron chi connectivity index (χ1n) is 7.73. The molecule has 0 aromatic heterocycles. The van der Waals surface area contributed by atoms with Crippen molar-refractivity contribution < 1.29 is 14.9 Å². The second kappa shape index (κ2) is 6.30. The van der Waals surface area contributed by atoms with Gasteiger partial charge in [-0.15, -0.1) is 0 Å². The Morgan fingerprint density at radius 1 is 1.32 bits per heavy atom. The topological polar surface area (TPSA) is 57.5 Å². The van der Waals surface area contributed by atoms with Gasteiger partial charge in [0.2, 0.25) is 0 Å². The Labute approximate surface area is 117 Å². The average Bonchev–Trinajstić information content (AvgIpc) is 2.88. The van der Waals surface area contributed by atoms with Crippen molar-refractivity contribution in [2.45, 2.75) is 52.3 Å². The van der Waals surface area contributed by atoms with Crippen molar-refractivity contribution in [2.75, 3.05) is 0 Å². The van der Waals surface area contributed by atoms with Gasteiger partial charge in [-0.1, -0.05) is 26.6 Å². The number of fused-ring (bicyclic) bond motifs is 1. The van der Waals surface area contributed by atoms with E-state index in [0.29, 0.717) is 24.1 Å². The van der Waals surface area contributed by atoms with Gasteiger partial charge in [0.1, 0.15) is 0 Å². The Morgan fingerprint density at radius 3 is 2.63 bits per heavy atom. The molecule has 0 aliphatic heterocycles. The van der Waals surface area contributed by atoms with Crippen LogP contribution < -0.4 is 0 Å². The fourth-order valence-corrected chi connectivity index (χ4v) is 4.49. The largest absolute Gasteiger partial charge is 0.481 e. The second-order valence-electron chi connectivity index (χ2n) is 6.86. The zero-order chi connectivity index (χ0) is 14.0. The van der Waals surface area contributed by atoms with E-state index in [-0.39, 0.29) is 5.92 Å². The minimum absolute atomic E-state index is 0.137. The van der Waals surface area contributed by atoms with E-state index < -0.39 is 5.97 Å². The third kappa shape index (κ3) is 3.15. The smallest absolute Gasteiger partial charge is 0.306 e. The molecule has 2 aliphatic carbocycles. The lowest BCUT2D eigenvalue weighted by atomic mass is 9.79. The summed E-state index contributed by atoms with van der Waals surface area (Å²) in [4.78, 5) is 11.4. The molecule has 3 nitrogen and oxygen atoms in total. The second-order valence-corrected chi connectivity index (χ2v) is 6.86. The molecule has 2 rings (SSSR count). The van der Waals surface area contributed by atoms with Gasteiger partial charge in [-0.25, -0.2) is 0 Å². The molecule has 0 bridgehead atoms. The highest BCUT2D eigenvalue weighted by Gasteiger charge is 2.50. The number of carbonyl (C=O) groups is 1. The van der Waals surface area contributed by atoms with Crippen LogP contribution in [0.25, 0.3) is 0 Å². The maximum atomic E-state index is 11.4. The van der Waals surface area contributed by atoms with E-state index in [1.54, 1.807) is 0 Å². The Bertz CT molecular complexity index is 319. The number of hydrogen-bond donors (Lipinski definition) is 2. The molecular weight excluding hydrogens is 239 g/mol. The number of rotatable bonds is 6. The third-order valence-corrected chi connectivity index (χ3v) is 5.54. The Balaban J connectivity index is 2.00. The first-order valence-corrected chi connectivity index (χ1v) is 7.73. The summed E-state index contributed by atoms with van der Waals surface area (Å²) in [5.74, 6) is 2.36. The summed E-state index contributed by atoms with van der Waals surface area (Å²) in [6.45, 7) is 4.58. The molecule has 0 aromatic rings. The van der Waals surface area contributed by atoms with Gasteiger partial charge in [0, 0.05) is 0 Å². The van der Waals surface area contributed by atoms with Gasteiger partial charge < -0.3 is 10.1 Å². The number of hydrogen-bond acceptors (Lipinski definition) is 2. The first-order chi connectivity index (χ1) is 9.04. The quantitative estimate of drug-likeness (QED) is 0.573. The molecule has 19 heavy (non-hydrogen) atoms. The molecule has 5 unspecified atom stereocenters. The number of carboxylic acids is 1. The van der Waals surface area contributed by atoms with E-state index in [4.69, 9.17) is 5.02 Å². The molecular formula is C15H26BO3. The van der Waals surface area contributed by atoms with Crippen LogP contribution in [0, 0.1) is 35.5 Å². The molecule has 4 heteroatoms. The van der Waals surface area contributed by atoms with Crippen LogP contribution in [0.15, 0.2) is 0 Å². The normalized spacial score (nSPS) is 37.6. The van der Waals surface area contributed by atoms with Gasteiger partial charge in [-0.3, -0.25) is 4.79 Å². The van der Waals surface area contributed by atoms with Crippen LogP contribution >= 0.6 is 0 Å². The molecule has 2 saturated carbocycles. The number of aliphatic carboxylic acids is 1. The van der Waals surface area contributed by atoms with Crippen molar-refractivity contribution in [2.24, 2.45) is 35.5 Å². The summed E-state index contributed by atoms with van der Waals surface area (Å²) in [6, 6.07) is 0. The van der Waals surface area contributed by atoms with Crippen LogP contribution in [0.3, 0.4) is 0 Å². The first kappa shape index (κ1) is 14.9. The lowest BCUT2D eigenvalue weighted by molar-refractivity contribution is -0.143. The lowest BCUT2D eigenvalue weighted by Gasteiger charge is -2.23. The van der Waals surface area contributed by atoms with Crippen LogP contribution in [-0.2, 0) is 4.79 Å². The summed E-state index contributed by atoms with van der Waals surface area (Å²) in [5, 5.41) is 18.2. The van der Waals surface area contributed by atoms with Crippen LogP contribution in [0.2, 0.25) is 6.32 Å². The summed E-state index contributed by atoms with van der Waals surface area (Å²) in [7, 11) is 1.20. The van der Waals surface area contributed by atoms with E-state index in [1.165, 1.54) is 20.3 Å². The van der Waals surface area contributed by atoms with Gasteiger partial charge in [-0.2, -0.15) is 0 Å². The van der Waals surface area contributed by atoms with Gasteiger partial charge in [0.25, 0.3) is 7.48 Å².